The van der Waals surface area contributed by atoms with Gasteiger partial charge in [0.15, 0.2) is 5.69 Å². The van der Waals surface area contributed by atoms with Crippen LogP contribution in [0.2, 0.25) is 0 Å². The van der Waals surface area contributed by atoms with Crippen LogP contribution >= 0.6 is 0 Å². The predicted molar refractivity (Wildman–Crippen MR) is 90.3 cm³/mol. The molecule has 0 saturated carbocycles. The van der Waals surface area contributed by atoms with Crippen molar-refractivity contribution in [1.29, 1.82) is 0 Å². The summed E-state index contributed by atoms with van der Waals surface area (Å²) < 4.78 is 6.51. The summed E-state index contributed by atoms with van der Waals surface area (Å²) in [5, 5.41) is 6.71. The summed E-state index contributed by atoms with van der Waals surface area (Å²) in [7, 11) is 4.61. The van der Waals surface area contributed by atoms with Gasteiger partial charge in [0.2, 0.25) is 11.8 Å². The Balaban J connectivity index is 2.14. The van der Waals surface area contributed by atoms with Crippen molar-refractivity contribution in [3.63, 3.8) is 0 Å². The summed E-state index contributed by atoms with van der Waals surface area (Å²) in [6.07, 6.45) is 0. The standard InChI is InChI=1S/C16H19N5O4/c1-20(9-13(17)22)16(24)10-5-4-6-11(7-10)18-15(23)12-8-14(25-3)21(2)19-12/h4-8H,9H2,1-3H3,(H2,17,22)(H,18,23). The fourth-order valence-corrected chi connectivity index (χ4v) is 2.20. The Morgan fingerprint density at radius 1 is 1.32 bits per heavy atom. The molecular weight excluding hydrogens is 326 g/mol. The second-order valence-corrected chi connectivity index (χ2v) is 5.36. The molecule has 1 aromatic heterocycles. The largest absolute Gasteiger partial charge is 0.481 e. The third-order valence-corrected chi connectivity index (χ3v) is 3.39. The predicted octanol–water partition coefficient (Wildman–Crippen LogP) is 0.238. The van der Waals surface area contributed by atoms with Crippen LogP contribution in [0.4, 0.5) is 5.69 Å². The Morgan fingerprint density at radius 2 is 2.04 bits per heavy atom. The van der Waals surface area contributed by atoms with Crippen LogP contribution in [-0.2, 0) is 11.8 Å². The van der Waals surface area contributed by atoms with Crippen LogP contribution < -0.4 is 15.8 Å². The molecule has 9 nitrogen and oxygen atoms in total. The van der Waals surface area contributed by atoms with Crippen molar-refractivity contribution in [2.24, 2.45) is 12.8 Å². The molecule has 1 heterocycles. The first kappa shape index (κ1) is 18.0. The monoisotopic (exact) mass is 345 g/mol. The van der Waals surface area contributed by atoms with E-state index in [4.69, 9.17) is 10.5 Å². The minimum atomic E-state index is -0.607. The van der Waals surface area contributed by atoms with Crippen molar-refractivity contribution in [2.75, 3.05) is 26.0 Å². The van der Waals surface area contributed by atoms with E-state index in [0.717, 1.165) is 0 Å². The number of aryl methyl sites for hydroxylation is 1. The highest BCUT2D eigenvalue weighted by Gasteiger charge is 2.16. The van der Waals surface area contributed by atoms with Crippen LogP contribution in [0.3, 0.4) is 0 Å². The summed E-state index contributed by atoms with van der Waals surface area (Å²) in [4.78, 5) is 36.6. The number of likely N-dealkylation sites (N-methyl/N-ethyl adjacent to an activating group) is 1. The first-order valence-corrected chi connectivity index (χ1v) is 7.35. The van der Waals surface area contributed by atoms with Crippen molar-refractivity contribution < 1.29 is 19.1 Å². The molecule has 0 aliphatic carbocycles. The van der Waals surface area contributed by atoms with Crippen LogP contribution in [0.25, 0.3) is 0 Å². The molecule has 0 saturated heterocycles. The molecule has 0 aliphatic heterocycles. The zero-order chi connectivity index (χ0) is 18.6. The maximum absolute atomic E-state index is 12.3. The number of nitrogens with zero attached hydrogens (tertiary/aromatic N) is 3. The molecule has 132 valence electrons. The lowest BCUT2D eigenvalue weighted by atomic mass is 10.1. The molecule has 0 fully saturated rings. The van der Waals surface area contributed by atoms with Crippen LogP contribution in [0.15, 0.2) is 30.3 Å². The topological polar surface area (TPSA) is 120 Å². The Kier molecular flexibility index (Phi) is 5.38. The molecule has 0 unspecified atom stereocenters. The van der Waals surface area contributed by atoms with E-state index < -0.39 is 11.8 Å². The molecule has 3 N–H and O–H groups in total. The number of carbonyl (C=O) groups is 3. The highest BCUT2D eigenvalue weighted by atomic mass is 16.5. The maximum Gasteiger partial charge on any atom is 0.276 e. The van der Waals surface area contributed by atoms with Crippen LogP contribution in [-0.4, -0.2) is 53.1 Å². The molecular formula is C16H19N5O4. The molecule has 25 heavy (non-hydrogen) atoms. The fourth-order valence-electron chi connectivity index (χ4n) is 2.20. The molecule has 0 spiro atoms. The molecule has 1 aromatic carbocycles. The number of hydrogen-bond acceptors (Lipinski definition) is 5. The smallest absolute Gasteiger partial charge is 0.276 e. The number of carbonyl (C=O) groups excluding carboxylic acids is 3. The Morgan fingerprint density at radius 3 is 2.64 bits per heavy atom. The van der Waals surface area contributed by atoms with E-state index in [1.54, 1.807) is 25.2 Å². The molecule has 0 radical (unpaired) electrons. The van der Waals surface area contributed by atoms with Gasteiger partial charge in [0.25, 0.3) is 11.8 Å². The molecule has 9 heteroatoms. The first-order valence-electron chi connectivity index (χ1n) is 7.35. The second kappa shape index (κ2) is 7.47. The van der Waals surface area contributed by atoms with E-state index in [9.17, 15) is 14.4 Å². The highest BCUT2D eigenvalue weighted by molar-refractivity contribution is 6.04. The zero-order valence-corrected chi connectivity index (χ0v) is 14.1. The van der Waals surface area contributed by atoms with Gasteiger partial charge in [0.05, 0.1) is 13.7 Å². The van der Waals surface area contributed by atoms with Crippen molar-refractivity contribution in [3.05, 3.63) is 41.6 Å². The maximum atomic E-state index is 12.3. The highest BCUT2D eigenvalue weighted by Crippen LogP contribution is 2.16. The summed E-state index contributed by atoms with van der Waals surface area (Å²) in [5.41, 5.74) is 6.01. The molecule has 2 rings (SSSR count). The second-order valence-electron chi connectivity index (χ2n) is 5.36. The third kappa shape index (κ3) is 4.34. The lowest BCUT2D eigenvalue weighted by molar-refractivity contribution is -0.118. The average molecular weight is 345 g/mol. The quantitative estimate of drug-likeness (QED) is 0.777. The summed E-state index contributed by atoms with van der Waals surface area (Å²) in [5.74, 6) is -0.977. The number of benzene rings is 1. The summed E-state index contributed by atoms with van der Waals surface area (Å²) >= 11 is 0. The van der Waals surface area contributed by atoms with E-state index in [0.29, 0.717) is 17.1 Å². The van der Waals surface area contributed by atoms with Gasteiger partial charge in [-0.05, 0) is 18.2 Å². The number of anilines is 1. The number of rotatable bonds is 6. The fraction of sp³-hybridized carbons (Fsp3) is 0.250. The number of hydrogen-bond donors (Lipinski definition) is 2. The van der Waals surface area contributed by atoms with Gasteiger partial charge in [-0.15, -0.1) is 0 Å². The molecule has 3 amide bonds. The molecule has 0 aliphatic rings. The Bertz CT molecular complexity index is 815. The van der Waals surface area contributed by atoms with Gasteiger partial charge < -0.3 is 20.7 Å². The van der Waals surface area contributed by atoms with Gasteiger partial charge in [-0.3, -0.25) is 14.4 Å². The van der Waals surface area contributed by atoms with E-state index >= 15 is 0 Å². The van der Waals surface area contributed by atoms with Crippen molar-refractivity contribution in [3.8, 4) is 5.88 Å². The number of ether oxygens (including phenoxy) is 1. The van der Waals surface area contributed by atoms with E-state index in [2.05, 4.69) is 10.4 Å². The van der Waals surface area contributed by atoms with Crippen LogP contribution in [0, 0.1) is 0 Å². The number of nitrogens with one attached hydrogen (secondary N) is 1. The molecule has 2 aromatic rings. The number of primary amides is 1. The van der Waals surface area contributed by atoms with Gasteiger partial charge in [-0.1, -0.05) is 6.07 Å². The minimum absolute atomic E-state index is 0.182. The number of nitrogens with two attached hydrogens (primary N) is 1. The molecule has 0 bridgehead atoms. The Labute approximate surface area is 144 Å². The van der Waals surface area contributed by atoms with Gasteiger partial charge in [0, 0.05) is 31.4 Å². The van der Waals surface area contributed by atoms with Crippen molar-refractivity contribution in [1.82, 2.24) is 14.7 Å². The lowest BCUT2D eigenvalue weighted by Crippen LogP contribution is -2.35. The van der Waals surface area contributed by atoms with Gasteiger partial charge in [-0.25, -0.2) is 4.68 Å². The zero-order valence-electron chi connectivity index (χ0n) is 14.1. The Hall–Kier alpha value is -3.36. The minimum Gasteiger partial charge on any atom is -0.481 e. The third-order valence-electron chi connectivity index (χ3n) is 3.39. The van der Waals surface area contributed by atoms with Crippen molar-refractivity contribution >= 4 is 23.4 Å². The van der Waals surface area contributed by atoms with Crippen LogP contribution in [0.1, 0.15) is 20.8 Å². The SMILES string of the molecule is COc1cc(C(=O)Nc2cccc(C(=O)N(C)CC(N)=O)c2)nn1C. The number of amides is 3. The van der Waals surface area contributed by atoms with E-state index in [-0.39, 0.29) is 18.1 Å². The summed E-state index contributed by atoms with van der Waals surface area (Å²) in [6.45, 7) is -0.191. The lowest BCUT2D eigenvalue weighted by Gasteiger charge is -2.15. The first-order chi connectivity index (χ1) is 11.8. The van der Waals surface area contributed by atoms with E-state index in [1.807, 2.05) is 0 Å². The van der Waals surface area contributed by atoms with Gasteiger partial charge in [-0.2, -0.15) is 5.10 Å². The van der Waals surface area contributed by atoms with Gasteiger partial charge in [0.1, 0.15) is 0 Å². The summed E-state index contributed by atoms with van der Waals surface area (Å²) in [6, 6.07) is 7.87. The average Bonchev–Trinajstić information content (AvgIpc) is 2.95. The molecule has 0 atom stereocenters. The normalized spacial score (nSPS) is 10.2. The number of methoxy groups -OCH3 is 1. The van der Waals surface area contributed by atoms with Crippen molar-refractivity contribution in [2.45, 2.75) is 0 Å². The van der Waals surface area contributed by atoms with Gasteiger partial charge >= 0.3 is 0 Å². The van der Waals surface area contributed by atoms with Crippen LogP contribution in [0.5, 0.6) is 5.88 Å². The van der Waals surface area contributed by atoms with E-state index in [1.165, 1.54) is 35.9 Å². The number of aromatic nitrogens is 2.